The van der Waals surface area contributed by atoms with Crippen LogP contribution >= 0.6 is 11.6 Å². The molecule has 1 N–H and O–H groups in total. The lowest BCUT2D eigenvalue weighted by Gasteiger charge is -2.32. The van der Waals surface area contributed by atoms with Gasteiger partial charge in [-0.15, -0.1) is 0 Å². The molecule has 3 aromatic rings. The van der Waals surface area contributed by atoms with Crippen LogP contribution in [0.4, 0.5) is 14.7 Å². The normalized spacial score (nSPS) is 19.1. The SMILES string of the molecule is FC(F)Oc1ccc([C@@H]2C[C@@H](c3ccc(Cl)cc3)Nc3ncnn32)cc1. The zero-order valence-electron chi connectivity index (χ0n) is 13.5. The van der Waals surface area contributed by atoms with Gasteiger partial charge in [-0.05, 0) is 41.8 Å². The summed E-state index contributed by atoms with van der Waals surface area (Å²) in [7, 11) is 0. The maximum absolute atomic E-state index is 12.3. The number of benzene rings is 2. The van der Waals surface area contributed by atoms with E-state index >= 15 is 0 Å². The fraction of sp³-hybridized carbons (Fsp3) is 0.222. The molecule has 1 aliphatic heterocycles. The Labute approximate surface area is 153 Å². The average molecular weight is 377 g/mol. The number of rotatable bonds is 4. The number of nitrogens with one attached hydrogen (secondary N) is 1. The van der Waals surface area contributed by atoms with E-state index in [1.54, 1.807) is 16.8 Å². The van der Waals surface area contributed by atoms with Gasteiger partial charge in [0.2, 0.25) is 5.95 Å². The zero-order valence-corrected chi connectivity index (χ0v) is 14.3. The van der Waals surface area contributed by atoms with E-state index in [1.165, 1.54) is 18.5 Å². The van der Waals surface area contributed by atoms with E-state index in [0.29, 0.717) is 11.0 Å². The third-order valence-corrected chi connectivity index (χ3v) is 4.64. The van der Waals surface area contributed by atoms with Gasteiger partial charge in [-0.25, -0.2) is 4.68 Å². The standard InChI is InChI=1S/C18H15ClF2N4O/c19-13-5-1-11(2-6-13)15-9-16(25-18(24-15)22-10-23-25)12-3-7-14(8-4-12)26-17(20)21/h1-8,10,15-17H,9H2,(H,22,23,24)/t15-,16-/m0/s1. The molecule has 134 valence electrons. The van der Waals surface area contributed by atoms with Gasteiger partial charge in [0, 0.05) is 5.02 Å². The molecule has 0 saturated carbocycles. The van der Waals surface area contributed by atoms with Crippen molar-refractivity contribution in [1.29, 1.82) is 0 Å². The molecule has 8 heteroatoms. The first-order chi connectivity index (χ1) is 12.6. The minimum Gasteiger partial charge on any atom is -0.435 e. The maximum atomic E-state index is 12.3. The van der Waals surface area contributed by atoms with E-state index in [-0.39, 0.29) is 17.8 Å². The predicted molar refractivity (Wildman–Crippen MR) is 93.7 cm³/mol. The van der Waals surface area contributed by atoms with Crippen molar-refractivity contribution in [2.24, 2.45) is 0 Å². The monoisotopic (exact) mass is 376 g/mol. The Kier molecular flexibility index (Phi) is 4.46. The van der Waals surface area contributed by atoms with Crippen LogP contribution in [-0.2, 0) is 0 Å². The molecular weight excluding hydrogens is 362 g/mol. The van der Waals surface area contributed by atoms with Gasteiger partial charge in [0.15, 0.2) is 0 Å². The van der Waals surface area contributed by atoms with Gasteiger partial charge in [-0.3, -0.25) is 0 Å². The fourth-order valence-corrected chi connectivity index (χ4v) is 3.31. The Bertz CT molecular complexity index is 883. The zero-order chi connectivity index (χ0) is 18.1. The second-order valence-electron chi connectivity index (χ2n) is 5.98. The Morgan fingerprint density at radius 3 is 2.46 bits per heavy atom. The van der Waals surface area contributed by atoms with Crippen LogP contribution in [0.15, 0.2) is 54.9 Å². The molecular formula is C18H15ClF2N4O. The molecule has 0 unspecified atom stereocenters. The molecule has 0 radical (unpaired) electrons. The largest absolute Gasteiger partial charge is 0.435 e. The van der Waals surface area contributed by atoms with Crippen LogP contribution in [0, 0.1) is 0 Å². The van der Waals surface area contributed by atoms with E-state index in [2.05, 4.69) is 20.1 Å². The minimum atomic E-state index is -2.84. The third-order valence-electron chi connectivity index (χ3n) is 4.39. The Balaban J connectivity index is 1.63. The van der Waals surface area contributed by atoms with Crippen molar-refractivity contribution >= 4 is 17.5 Å². The highest BCUT2D eigenvalue weighted by molar-refractivity contribution is 6.30. The molecule has 4 rings (SSSR count). The number of hydrogen-bond donors (Lipinski definition) is 1. The number of aromatic nitrogens is 3. The highest BCUT2D eigenvalue weighted by Gasteiger charge is 2.29. The smallest absolute Gasteiger partial charge is 0.387 e. The number of ether oxygens (including phenoxy) is 1. The molecule has 26 heavy (non-hydrogen) atoms. The summed E-state index contributed by atoms with van der Waals surface area (Å²) < 4.78 is 30.9. The molecule has 0 fully saturated rings. The number of alkyl halides is 2. The third kappa shape index (κ3) is 3.35. The van der Waals surface area contributed by atoms with E-state index in [0.717, 1.165) is 17.5 Å². The lowest BCUT2D eigenvalue weighted by atomic mass is 9.93. The molecule has 1 aromatic heterocycles. The molecule has 2 aromatic carbocycles. The molecule has 1 aliphatic rings. The number of hydrogen-bond acceptors (Lipinski definition) is 4. The lowest BCUT2D eigenvalue weighted by Crippen LogP contribution is -2.28. The summed E-state index contributed by atoms with van der Waals surface area (Å²) in [5, 5.41) is 8.35. The van der Waals surface area contributed by atoms with Crippen molar-refractivity contribution in [3.8, 4) is 5.75 Å². The molecule has 0 saturated heterocycles. The molecule has 0 bridgehead atoms. The number of nitrogens with zero attached hydrogens (tertiary/aromatic N) is 3. The first-order valence-electron chi connectivity index (χ1n) is 8.06. The minimum absolute atomic E-state index is 0.0333. The van der Waals surface area contributed by atoms with Crippen LogP contribution in [0.1, 0.15) is 29.6 Å². The van der Waals surface area contributed by atoms with Crippen molar-refractivity contribution < 1.29 is 13.5 Å². The van der Waals surface area contributed by atoms with Crippen molar-refractivity contribution in [3.63, 3.8) is 0 Å². The van der Waals surface area contributed by atoms with Crippen molar-refractivity contribution in [1.82, 2.24) is 14.8 Å². The van der Waals surface area contributed by atoms with Crippen LogP contribution in [0.5, 0.6) is 5.75 Å². The topological polar surface area (TPSA) is 52.0 Å². The summed E-state index contributed by atoms with van der Waals surface area (Å²) in [4.78, 5) is 4.27. The van der Waals surface area contributed by atoms with Gasteiger partial charge in [0.1, 0.15) is 12.1 Å². The molecule has 0 spiro atoms. The van der Waals surface area contributed by atoms with Gasteiger partial charge >= 0.3 is 6.61 Å². The van der Waals surface area contributed by atoms with E-state index in [4.69, 9.17) is 11.6 Å². The highest BCUT2D eigenvalue weighted by Crippen LogP contribution is 2.37. The lowest BCUT2D eigenvalue weighted by molar-refractivity contribution is -0.0498. The fourth-order valence-electron chi connectivity index (χ4n) is 3.18. The second-order valence-corrected chi connectivity index (χ2v) is 6.41. The van der Waals surface area contributed by atoms with E-state index in [9.17, 15) is 8.78 Å². The molecule has 0 aliphatic carbocycles. The molecule has 0 amide bonds. The van der Waals surface area contributed by atoms with Crippen molar-refractivity contribution in [2.45, 2.75) is 25.1 Å². The van der Waals surface area contributed by atoms with Gasteiger partial charge in [0.25, 0.3) is 0 Å². The van der Waals surface area contributed by atoms with Gasteiger partial charge in [-0.1, -0.05) is 35.9 Å². The molecule has 5 nitrogen and oxygen atoms in total. The first-order valence-corrected chi connectivity index (χ1v) is 8.44. The Hall–Kier alpha value is -2.67. The highest BCUT2D eigenvalue weighted by atomic mass is 35.5. The van der Waals surface area contributed by atoms with Crippen LogP contribution in [0.3, 0.4) is 0 Å². The molecule has 2 atom stereocenters. The summed E-state index contributed by atoms with van der Waals surface area (Å²) >= 11 is 5.98. The van der Waals surface area contributed by atoms with Crippen molar-refractivity contribution in [3.05, 3.63) is 71.0 Å². The summed E-state index contributed by atoms with van der Waals surface area (Å²) in [5.41, 5.74) is 2.03. The van der Waals surface area contributed by atoms with Crippen LogP contribution in [-0.4, -0.2) is 21.4 Å². The Morgan fingerprint density at radius 2 is 1.77 bits per heavy atom. The van der Waals surface area contributed by atoms with Gasteiger partial charge in [-0.2, -0.15) is 18.9 Å². The van der Waals surface area contributed by atoms with Crippen LogP contribution in [0.2, 0.25) is 5.02 Å². The first kappa shape index (κ1) is 16.8. The van der Waals surface area contributed by atoms with Gasteiger partial charge in [0.05, 0.1) is 12.1 Å². The van der Waals surface area contributed by atoms with E-state index < -0.39 is 6.61 Å². The van der Waals surface area contributed by atoms with Crippen molar-refractivity contribution in [2.75, 3.05) is 5.32 Å². The number of anilines is 1. The molecule has 2 heterocycles. The average Bonchev–Trinajstić information content (AvgIpc) is 3.10. The van der Waals surface area contributed by atoms with Crippen LogP contribution < -0.4 is 10.1 Å². The maximum Gasteiger partial charge on any atom is 0.387 e. The van der Waals surface area contributed by atoms with Crippen LogP contribution in [0.25, 0.3) is 0 Å². The summed E-state index contributed by atoms with van der Waals surface area (Å²) in [6, 6.07) is 14.2. The summed E-state index contributed by atoms with van der Waals surface area (Å²) in [5.74, 6) is 0.792. The number of fused-ring (bicyclic) bond motifs is 1. The number of halogens is 3. The van der Waals surface area contributed by atoms with E-state index in [1.807, 2.05) is 24.3 Å². The predicted octanol–water partition coefficient (Wildman–Crippen LogP) is 4.68. The Morgan fingerprint density at radius 1 is 1.08 bits per heavy atom. The summed E-state index contributed by atoms with van der Waals surface area (Å²) in [6.45, 7) is -2.84. The van der Waals surface area contributed by atoms with Gasteiger partial charge < -0.3 is 10.1 Å². The second kappa shape index (κ2) is 6.92. The quantitative estimate of drug-likeness (QED) is 0.718. The summed E-state index contributed by atoms with van der Waals surface area (Å²) in [6.07, 6.45) is 2.22.